The van der Waals surface area contributed by atoms with Crippen molar-refractivity contribution in [3.63, 3.8) is 0 Å². The lowest BCUT2D eigenvalue weighted by atomic mass is 10.1. The second kappa shape index (κ2) is 8.08. The Bertz CT molecular complexity index is 1190. The fourth-order valence-electron chi connectivity index (χ4n) is 3.10. The van der Waals surface area contributed by atoms with E-state index in [4.69, 9.17) is 4.74 Å². The highest BCUT2D eigenvalue weighted by Gasteiger charge is 2.26. The fourth-order valence-corrected chi connectivity index (χ4v) is 4.72. The van der Waals surface area contributed by atoms with Crippen LogP contribution in [0, 0.1) is 0 Å². The van der Waals surface area contributed by atoms with E-state index in [-0.39, 0.29) is 22.8 Å². The number of rotatable bonds is 6. The SMILES string of the molecule is COc1ccc(C(=O)NCc2nc3ccccc3n2C)cc1S(=O)(=O)NC(C)(C)C. The number of methoxy groups -OCH3 is 1. The van der Waals surface area contributed by atoms with Crippen LogP contribution in [-0.4, -0.2) is 36.5 Å². The molecule has 3 rings (SSSR count). The van der Waals surface area contributed by atoms with E-state index >= 15 is 0 Å². The zero-order chi connectivity index (χ0) is 22.1. The number of aromatic nitrogens is 2. The first-order chi connectivity index (χ1) is 14.0. The van der Waals surface area contributed by atoms with Crippen LogP contribution < -0.4 is 14.8 Å². The molecule has 9 heteroatoms. The maximum Gasteiger partial charge on any atom is 0.251 e. The molecular formula is C21H26N4O4S. The number of fused-ring (bicyclic) bond motifs is 1. The third-order valence-corrected chi connectivity index (χ3v) is 6.22. The number of nitrogens with zero attached hydrogens (tertiary/aromatic N) is 2. The van der Waals surface area contributed by atoms with Crippen LogP contribution in [0.1, 0.15) is 37.0 Å². The van der Waals surface area contributed by atoms with Gasteiger partial charge in [-0.05, 0) is 51.1 Å². The molecule has 0 spiro atoms. The summed E-state index contributed by atoms with van der Waals surface area (Å²) < 4.78 is 35.3. The summed E-state index contributed by atoms with van der Waals surface area (Å²) in [6, 6.07) is 12.0. The molecule has 1 heterocycles. The van der Waals surface area contributed by atoms with Gasteiger partial charge in [0.25, 0.3) is 5.91 Å². The number of amides is 1. The number of benzene rings is 2. The van der Waals surface area contributed by atoms with Gasteiger partial charge in [-0.15, -0.1) is 0 Å². The van der Waals surface area contributed by atoms with E-state index in [0.717, 1.165) is 11.0 Å². The number of aryl methyl sites for hydroxylation is 1. The smallest absolute Gasteiger partial charge is 0.251 e. The van der Waals surface area contributed by atoms with E-state index < -0.39 is 21.5 Å². The Kier molecular flexibility index (Phi) is 5.87. The van der Waals surface area contributed by atoms with Gasteiger partial charge in [-0.1, -0.05) is 12.1 Å². The Morgan fingerprint density at radius 2 is 1.87 bits per heavy atom. The van der Waals surface area contributed by atoms with Crippen molar-refractivity contribution >= 4 is 27.0 Å². The second-order valence-electron chi connectivity index (χ2n) is 7.98. The predicted octanol–water partition coefficient (Wildman–Crippen LogP) is 2.59. The van der Waals surface area contributed by atoms with Gasteiger partial charge in [0.05, 0.1) is 24.7 Å². The normalized spacial score (nSPS) is 12.2. The third kappa shape index (κ3) is 4.63. The molecule has 3 aromatic rings. The number of carbonyl (C=O) groups is 1. The zero-order valence-electron chi connectivity index (χ0n) is 17.7. The maximum absolute atomic E-state index is 12.8. The first-order valence-corrected chi connectivity index (χ1v) is 10.9. The Morgan fingerprint density at radius 1 is 1.17 bits per heavy atom. The standard InChI is InChI=1S/C21H26N4O4S/c1-21(2,3)24-30(27,28)18-12-14(10-11-17(18)29-5)20(26)22-13-19-23-15-8-6-7-9-16(15)25(19)4/h6-12,24H,13H2,1-5H3,(H,22,26). The summed E-state index contributed by atoms with van der Waals surface area (Å²) in [5.74, 6) is 0.455. The molecule has 0 fully saturated rings. The van der Waals surface area contributed by atoms with Crippen LogP contribution in [0.15, 0.2) is 47.4 Å². The first-order valence-electron chi connectivity index (χ1n) is 9.42. The van der Waals surface area contributed by atoms with Crippen LogP contribution >= 0.6 is 0 Å². The zero-order valence-corrected chi connectivity index (χ0v) is 18.5. The molecule has 0 aliphatic rings. The van der Waals surface area contributed by atoms with Gasteiger partial charge in [-0.3, -0.25) is 4.79 Å². The minimum absolute atomic E-state index is 0.0877. The maximum atomic E-state index is 12.8. The average Bonchev–Trinajstić information content (AvgIpc) is 3.00. The predicted molar refractivity (Wildman–Crippen MR) is 115 cm³/mol. The highest BCUT2D eigenvalue weighted by atomic mass is 32.2. The molecule has 1 amide bonds. The number of nitrogens with one attached hydrogen (secondary N) is 2. The molecule has 0 bridgehead atoms. The molecule has 30 heavy (non-hydrogen) atoms. The van der Waals surface area contributed by atoms with Gasteiger partial charge in [0.2, 0.25) is 10.0 Å². The second-order valence-corrected chi connectivity index (χ2v) is 9.63. The van der Waals surface area contributed by atoms with E-state index in [9.17, 15) is 13.2 Å². The minimum atomic E-state index is -3.88. The van der Waals surface area contributed by atoms with E-state index in [0.29, 0.717) is 5.82 Å². The van der Waals surface area contributed by atoms with Gasteiger partial charge in [-0.2, -0.15) is 0 Å². The highest BCUT2D eigenvalue weighted by molar-refractivity contribution is 7.89. The Balaban J connectivity index is 1.84. The lowest BCUT2D eigenvalue weighted by molar-refractivity contribution is 0.0949. The lowest BCUT2D eigenvalue weighted by Gasteiger charge is -2.21. The number of hydrogen-bond donors (Lipinski definition) is 2. The summed E-state index contributed by atoms with van der Waals surface area (Å²) >= 11 is 0. The molecule has 2 aromatic carbocycles. The number of imidazole rings is 1. The molecule has 0 saturated heterocycles. The van der Waals surface area contributed by atoms with Crippen molar-refractivity contribution in [3.8, 4) is 5.75 Å². The van der Waals surface area contributed by atoms with Crippen LogP contribution in [-0.2, 0) is 23.6 Å². The van der Waals surface area contributed by atoms with Crippen LogP contribution in [0.5, 0.6) is 5.75 Å². The van der Waals surface area contributed by atoms with Gasteiger partial charge >= 0.3 is 0 Å². The number of para-hydroxylation sites is 2. The van der Waals surface area contributed by atoms with Gasteiger partial charge < -0.3 is 14.6 Å². The molecular weight excluding hydrogens is 404 g/mol. The van der Waals surface area contributed by atoms with Crippen molar-refractivity contribution < 1.29 is 17.9 Å². The molecule has 0 atom stereocenters. The fraction of sp³-hybridized carbons (Fsp3) is 0.333. The van der Waals surface area contributed by atoms with E-state index in [1.165, 1.54) is 25.3 Å². The molecule has 0 radical (unpaired) electrons. The molecule has 8 nitrogen and oxygen atoms in total. The van der Waals surface area contributed by atoms with Crippen molar-refractivity contribution in [2.24, 2.45) is 7.05 Å². The van der Waals surface area contributed by atoms with Crippen molar-refractivity contribution in [1.82, 2.24) is 19.6 Å². The van der Waals surface area contributed by atoms with E-state index in [1.807, 2.05) is 35.9 Å². The summed E-state index contributed by atoms with van der Waals surface area (Å²) in [5.41, 5.74) is 1.34. The van der Waals surface area contributed by atoms with Crippen molar-refractivity contribution in [2.45, 2.75) is 37.8 Å². The van der Waals surface area contributed by atoms with E-state index in [2.05, 4.69) is 15.0 Å². The number of ether oxygens (including phenoxy) is 1. The largest absolute Gasteiger partial charge is 0.495 e. The first kappa shape index (κ1) is 21.8. The van der Waals surface area contributed by atoms with Crippen LogP contribution in [0.4, 0.5) is 0 Å². The minimum Gasteiger partial charge on any atom is -0.495 e. The van der Waals surface area contributed by atoms with Crippen molar-refractivity contribution in [2.75, 3.05) is 7.11 Å². The molecule has 0 saturated carbocycles. The Hall–Kier alpha value is -2.91. The molecule has 0 aliphatic heterocycles. The summed E-state index contributed by atoms with van der Waals surface area (Å²) in [7, 11) is -0.612. The summed E-state index contributed by atoms with van der Waals surface area (Å²) in [5, 5.41) is 2.80. The van der Waals surface area contributed by atoms with Crippen molar-refractivity contribution in [3.05, 3.63) is 53.9 Å². The highest BCUT2D eigenvalue weighted by Crippen LogP contribution is 2.26. The molecule has 1 aromatic heterocycles. The lowest BCUT2D eigenvalue weighted by Crippen LogP contribution is -2.40. The Labute approximate surface area is 176 Å². The van der Waals surface area contributed by atoms with Gasteiger partial charge in [0.1, 0.15) is 16.5 Å². The van der Waals surface area contributed by atoms with Crippen molar-refractivity contribution in [1.29, 1.82) is 0 Å². The van der Waals surface area contributed by atoms with Gasteiger partial charge in [-0.25, -0.2) is 18.1 Å². The summed E-state index contributed by atoms with van der Waals surface area (Å²) in [6.07, 6.45) is 0. The van der Waals surface area contributed by atoms with Crippen LogP contribution in [0.2, 0.25) is 0 Å². The van der Waals surface area contributed by atoms with E-state index in [1.54, 1.807) is 20.8 Å². The monoisotopic (exact) mass is 430 g/mol. The number of carbonyl (C=O) groups excluding carboxylic acids is 1. The molecule has 2 N–H and O–H groups in total. The quantitative estimate of drug-likeness (QED) is 0.626. The molecule has 0 unspecified atom stereocenters. The van der Waals surface area contributed by atoms with Gasteiger partial charge in [0.15, 0.2) is 0 Å². The molecule has 0 aliphatic carbocycles. The summed E-state index contributed by atoms with van der Waals surface area (Å²) in [4.78, 5) is 17.1. The Morgan fingerprint density at radius 3 is 2.50 bits per heavy atom. The third-order valence-electron chi connectivity index (χ3n) is 4.44. The number of hydrogen-bond acceptors (Lipinski definition) is 5. The van der Waals surface area contributed by atoms with Crippen LogP contribution in [0.25, 0.3) is 11.0 Å². The summed E-state index contributed by atoms with van der Waals surface area (Å²) in [6.45, 7) is 5.43. The van der Waals surface area contributed by atoms with Gasteiger partial charge in [0, 0.05) is 18.2 Å². The number of sulfonamides is 1. The van der Waals surface area contributed by atoms with Crippen LogP contribution in [0.3, 0.4) is 0 Å². The average molecular weight is 431 g/mol. The topological polar surface area (TPSA) is 102 Å². The molecule has 160 valence electrons.